The monoisotopic (exact) mass is 320 g/mol. The van der Waals surface area contributed by atoms with Crippen molar-refractivity contribution in [3.63, 3.8) is 0 Å². The van der Waals surface area contributed by atoms with Gasteiger partial charge in [-0.05, 0) is 36.4 Å². The number of benzene rings is 1. The van der Waals surface area contributed by atoms with Gasteiger partial charge in [-0.25, -0.2) is 0 Å². The molecule has 0 saturated heterocycles. The summed E-state index contributed by atoms with van der Waals surface area (Å²) in [6.07, 6.45) is -2.97. The molecule has 2 rings (SSSR count). The number of nitrogens with zero attached hydrogens (tertiary/aromatic N) is 2. The number of aromatic nitrogens is 1. The molecule has 0 saturated carbocycles. The van der Waals surface area contributed by atoms with Gasteiger partial charge < -0.3 is 4.74 Å². The number of halogens is 3. The lowest BCUT2D eigenvalue weighted by Crippen LogP contribution is -2.19. The second kappa shape index (κ2) is 6.92. The summed E-state index contributed by atoms with van der Waals surface area (Å²) in [6.45, 7) is -0.430. The Morgan fingerprint density at radius 1 is 1.22 bits per heavy atom. The van der Waals surface area contributed by atoms with Gasteiger partial charge in [0.25, 0.3) is 0 Å². The predicted octanol–water partition coefficient (Wildman–Crippen LogP) is 3.36. The van der Waals surface area contributed by atoms with Gasteiger partial charge in [0.15, 0.2) is 11.7 Å². The minimum Gasteiger partial charge on any atom is -0.486 e. The lowest BCUT2D eigenvalue weighted by Gasteiger charge is -2.10. The Balaban J connectivity index is 2.00. The lowest BCUT2D eigenvalue weighted by molar-refractivity contribution is -0.137. The first kappa shape index (κ1) is 16.5. The van der Waals surface area contributed by atoms with Crippen molar-refractivity contribution in [2.45, 2.75) is 12.1 Å². The Bertz CT molecular complexity index is 707. The third-order valence-corrected chi connectivity index (χ3v) is 3.00. The smallest absolute Gasteiger partial charge is 0.416 e. The van der Waals surface area contributed by atoms with Crippen LogP contribution in [0.25, 0.3) is 0 Å². The quantitative estimate of drug-likeness (QED) is 0.847. The summed E-state index contributed by atoms with van der Waals surface area (Å²) in [5.74, 6) is -1.49. The van der Waals surface area contributed by atoms with Crippen LogP contribution in [0.4, 0.5) is 13.2 Å². The molecule has 0 bridgehead atoms. The molecule has 0 unspecified atom stereocenters. The molecular weight excluding hydrogens is 309 g/mol. The van der Waals surface area contributed by atoms with Crippen LogP contribution in [0.1, 0.15) is 17.2 Å². The third kappa shape index (κ3) is 4.30. The molecule has 4 nitrogen and oxygen atoms in total. The standard InChI is InChI=1S/C16H11F3N2O2/c17-16(18,19)11-4-6-12(7-5-11)23-10-15(22)13(9-20)14-3-1-2-8-21-14/h1-8,13H,10H2/t13-/m1/s1. The van der Waals surface area contributed by atoms with Gasteiger partial charge in [0.1, 0.15) is 12.4 Å². The van der Waals surface area contributed by atoms with Crippen molar-refractivity contribution in [2.75, 3.05) is 6.61 Å². The van der Waals surface area contributed by atoms with Gasteiger partial charge in [-0.15, -0.1) is 0 Å². The van der Waals surface area contributed by atoms with Gasteiger partial charge in [0, 0.05) is 6.20 Å². The fourth-order valence-electron chi connectivity index (χ4n) is 1.83. The van der Waals surface area contributed by atoms with Crippen LogP contribution in [-0.4, -0.2) is 17.4 Å². The Kier molecular flexibility index (Phi) is 4.96. The number of carbonyl (C=O) groups excluding carboxylic acids is 1. The largest absolute Gasteiger partial charge is 0.486 e. The molecule has 23 heavy (non-hydrogen) atoms. The summed E-state index contributed by atoms with van der Waals surface area (Å²) in [7, 11) is 0. The molecule has 1 heterocycles. The lowest BCUT2D eigenvalue weighted by atomic mass is 10.0. The summed E-state index contributed by atoms with van der Waals surface area (Å²) in [5, 5.41) is 9.08. The van der Waals surface area contributed by atoms with E-state index in [0.29, 0.717) is 5.69 Å². The van der Waals surface area contributed by atoms with E-state index >= 15 is 0 Å². The summed E-state index contributed by atoms with van der Waals surface area (Å²) < 4.78 is 42.4. The van der Waals surface area contributed by atoms with Gasteiger partial charge in [-0.3, -0.25) is 9.78 Å². The van der Waals surface area contributed by atoms with E-state index in [1.54, 1.807) is 18.2 Å². The van der Waals surface area contributed by atoms with E-state index in [2.05, 4.69) is 4.98 Å². The van der Waals surface area contributed by atoms with E-state index in [0.717, 1.165) is 24.3 Å². The molecule has 0 aliphatic rings. The molecule has 0 N–H and O–H groups in total. The molecule has 2 aromatic rings. The van der Waals surface area contributed by atoms with E-state index in [1.165, 1.54) is 6.20 Å². The normalized spacial score (nSPS) is 12.3. The minimum atomic E-state index is -4.43. The summed E-state index contributed by atoms with van der Waals surface area (Å²) in [4.78, 5) is 15.9. The molecule has 7 heteroatoms. The van der Waals surface area contributed by atoms with Crippen LogP contribution in [-0.2, 0) is 11.0 Å². The average molecular weight is 320 g/mol. The number of alkyl halides is 3. The number of Topliss-reactive ketones (excluding diaryl/α,β-unsaturated/α-hetero) is 1. The number of hydrogen-bond acceptors (Lipinski definition) is 4. The minimum absolute atomic E-state index is 0.115. The van der Waals surface area contributed by atoms with Crippen molar-refractivity contribution in [1.82, 2.24) is 4.98 Å². The molecule has 1 aromatic carbocycles. The second-order valence-electron chi connectivity index (χ2n) is 4.59. The highest BCUT2D eigenvalue weighted by atomic mass is 19.4. The van der Waals surface area contributed by atoms with Crippen LogP contribution in [0.2, 0.25) is 0 Å². The number of hydrogen-bond donors (Lipinski definition) is 0. The van der Waals surface area contributed by atoms with Crippen LogP contribution in [0, 0.1) is 11.3 Å². The Morgan fingerprint density at radius 2 is 1.91 bits per heavy atom. The van der Waals surface area contributed by atoms with Gasteiger partial charge in [0.05, 0.1) is 17.3 Å². The Labute approximate surface area is 130 Å². The fourth-order valence-corrected chi connectivity index (χ4v) is 1.83. The maximum atomic E-state index is 12.4. The molecular formula is C16H11F3N2O2. The molecule has 118 valence electrons. The van der Waals surface area contributed by atoms with E-state index in [9.17, 15) is 18.0 Å². The number of ether oxygens (including phenoxy) is 1. The maximum absolute atomic E-state index is 12.4. The third-order valence-electron chi connectivity index (χ3n) is 3.00. The van der Waals surface area contributed by atoms with Crippen LogP contribution in [0.15, 0.2) is 48.7 Å². The molecule has 1 aromatic heterocycles. The molecule has 1 atom stereocenters. The molecule has 0 aliphatic heterocycles. The van der Waals surface area contributed by atoms with Gasteiger partial charge in [-0.1, -0.05) is 6.07 Å². The number of rotatable bonds is 5. The van der Waals surface area contributed by atoms with Gasteiger partial charge >= 0.3 is 6.18 Å². The van der Waals surface area contributed by atoms with E-state index in [4.69, 9.17) is 10.00 Å². The zero-order valence-corrected chi connectivity index (χ0v) is 11.7. The van der Waals surface area contributed by atoms with Crippen molar-refractivity contribution in [3.05, 3.63) is 59.9 Å². The van der Waals surface area contributed by atoms with Crippen molar-refractivity contribution in [3.8, 4) is 11.8 Å². The van der Waals surface area contributed by atoms with E-state index in [-0.39, 0.29) is 5.75 Å². The first-order valence-electron chi connectivity index (χ1n) is 6.55. The number of ketones is 1. The predicted molar refractivity (Wildman–Crippen MR) is 74.5 cm³/mol. The number of nitriles is 1. The van der Waals surface area contributed by atoms with Gasteiger partial charge in [0.2, 0.25) is 0 Å². The highest BCUT2D eigenvalue weighted by Crippen LogP contribution is 2.30. The Morgan fingerprint density at radius 3 is 2.43 bits per heavy atom. The van der Waals surface area contributed by atoms with Gasteiger partial charge in [-0.2, -0.15) is 18.4 Å². The molecule has 0 aliphatic carbocycles. The topological polar surface area (TPSA) is 63.0 Å². The van der Waals surface area contributed by atoms with Crippen LogP contribution >= 0.6 is 0 Å². The second-order valence-corrected chi connectivity index (χ2v) is 4.59. The zero-order valence-electron chi connectivity index (χ0n) is 11.7. The first-order valence-corrected chi connectivity index (χ1v) is 6.55. The molecule has 0 fully saturated rings. The van der Waals surface area contributed by atoms with Crippen molar-refractivity contribution in [2.24, 2.45) is 0 Å². The highest BCUT2D eigenvalue weighted by molar-refractivity contribution is 5.89. The number of pyridine rings is 1. The maximum Gasteiger partial charge on any atom is 0.416 e. The van der Waals surface area contributed by atoms with Crippen molar-refractivity contribution in [1.29, 1.82) is 5.26 Å². The summed E-state index contributed by atoms with van der Waals surface area (Å²) in [5.41, 5.74) is -0.504. The van der Waals surface area contributed by atoms with E-state index < -0.39 is 30.0 Å². The van der Waals surface area contributed by atoms with Crippen molar-refractivity contribution < 1.29 is 22.7 Å². The Hall–Kier alpha value is -2.88. The fraction of sp³-hybridized carbons (Fsp3) is 0.188. The average Bonchev–Trinajstić information content (AvgIpc) is 2.54. The van der Waals surface area contributed by atoms with Crippen LogP contribution < -0.4 is 4.74 Å². The SMILES string of the molecule is N#C[C@@H](C(=O)COc1ccc(C(F)(F)F)cc1)c1ccccn1. The van der Waals surface area contributed by atoms with Crippen LogP contribution in [0.5, 0.6) is 5.75 Å². The zero-order chi connectivity index (χ0) is 16.9. The van der Waals surface area contributed by atoms with Crippen LogP contribution in [0.3, 0.4) is 0 Å². The molecule has 0 radical (unpaired) electrons. The summed E-state index contributed by atoms with van der Waals surface area (Å²) in [6, 6.07) is 10.7. The highest BCUT2D eigenvalue weighted by Gasteiger charge is 2.30. The first-order chi connectivity index (χ1) is 10.9. The molecule has 0 amide bonds. The summed E-state index contributed by atoms with van der Waals surface area (Å²) >= 11 is 0. The molecule has 0 spiro atoms. The van der Waals surface area contributed by atoms with Crippen molar-refractivity contribution >= 4 is 5.78 Å². The van der Waals surface area contributed by atoms with E-state index in [1.807, 2.05) is 6.07 Å². The number of carbonyl (C=O) groups is 1.